The summed E-state index contributed by atoms with van der Waals surface area (Å²) in [6, 6.07) is 7.44. The average Bonchev–Trinajstić information content (AvgIpc) is 2.84. The molecule has 0 saturated heterocycles. The number of allylic oxidation sites excluding steroid dienone is 1. The molecule has 2 aromatic rings. The van der Waals surface area contributed by atoms with Crippen molar-refractivity contribution >= 4 is 23.4 Å². The van der Waals surface area contributed by atoms with E-state index in [0.29, 0.717) is 16.7 Å². The molecule has 0 aliphatic carbocycles. The van der Waals surface area contributed by atoms with Crippen molar-refractivity contribution in [2.45, 2.75) is 12.7 Å². The quantitative estimate of drug-likeness (QED) is 0.608. The summed E-state index contributed by atoms with van der Waals surface area (Å²) >= 11 is 7.81. The largest absolute Gasteiger partial charge is 0.334 e. The van der Waals surface area contributed by atoms with Gasteiger partial charge in [-0.3, -0.25) is 0 Å². The van der Waals surface area contributed by atoms with Crippen LogP contribution in [-0.2, 0) is 5.75 Å². The first kappa shape index (κ1) is 13.2. The Morgan fingerprint density at radius 3 is 3.00 bits per heavy atom. The van der Waals surface area contributed by atoms with E-state index >= 15 is 0 Å². The third-order valence-electron chi connectivity index (χ3n) is 2.25. The summed E-state index contributed by atoms with van der Waals surface area (Å²) in [6.45, 7) is 2.00. The second-order valence-corrected chi connectivity index (χ2v) is 5.02. The number of hydrogen-bond donors (Lipinski definition) is 0. The van der Waals surface area contributed by atoms with Gasteiger partial charge < -0.3 is 4.52 Å². The number of halogens is 1. The first-order valence-corrected chi connectivity index (χ1v) is 7.11. The van der Waals surface area contributed by atoms with Crippen LogP contribution < -0.4 is 0 Å². The fraction of sp³-hybridized carbons (Fsp3) is 0.231. The Hall–Kier alpha value is -1.26. The first-order valence-electron chi connectivity index (χ1n) is 5.57. The van der Waals surface area contributed by atoms with Crippen molar-refractivity contribution in [1.29, 1.82) is 0 Å². The number of nitrogens with zero attached hydrogens (tertiary/aromatic N) is 2. The number of rotatable bonds is 5. The Kier molecular flexibility index (Phi) is 4.84. The molecule has 0 amide bonds. The number of aromatic nitrogens is 2. The molecule has 2 rings (SSSR count). The topological polar surface area (TPSA) is 38.9 Å². The molecule has 0 N–H and O–H groups in total. The molecule has 0 saturated carbocycles. The molecular weight excluding hydrogens is 268 g/mol. The molecule has 0 unspecified atom stereocenters. The van der Waals surface area contributed by atoms with Crippen LogP contribution in [0.2, 0.25) is 5.02 Å². The molecule has 0 radical (unpaired) electrons. The molecule has 94 valence electrons. The molecule has 0 spiro atoms. The van der Waals surface area contributed by atoms with Gasteiger partial charge in [-0.25, -0.2) is 0 Å². The highest BCUT2D eigenvalue weighted by Crippen LogP contribution is 2.26. The van der Waals surface area contributed by atoms with Crippen LogP contribution in [0.15, 0.2) is 40.9 Å². The molecule has 1 aromatic carbocycles. The number of thioether (sulfide) groups is 1. The Morgan fingerprint density at radius 1 is 1.39 bits per heavy atom. The zero-order valence-electron chi connectivity index (χ0n) is 9.97. The van der Waals surface area contributed by atoms with Crippen LogP contribution in [0.25, 0.3) is 11.5 Å². The number of benzene rings is 1. The van der Waals surface area contributed by atoms with Crippen LogP contribution in [0.1, 0.15) is 12.7 Å². The maximum atomic E-state index is 6.07. The van der Waals surface area contributed by atoms with E-state index in [4.69, 9.17) is 16.1 Å². The Morgan fingerprint density at radius 2 is 2.22 bits per heavy atom. The van der Waals surface area contributed by atoms with Gasteiger partial charge in [-0.15, -0.1) is 11.8 Å². The van der Waals surface area contributed by atoms with Crippen molar-refractivity contribution in [3.8, 4) is 11.5 Å². The van der Waals surface area contributed by atoms with Crippen molar-refractivity contribution in [3.05, 3.63) is 47.3 Å². The lowest BCUT2D eigenvalue weighted by atomic mass is 10.2. The highest BCUT2D eigenvalue weighted by molar-refractivity contribution is 7.98. The minimum atomic E-state index is 0.474. The molecule has 0 fully saturated rings. The predicted molar refractivity (Wildman–Crippen MR) is 75.7 cm³/mol. The molecule has 0 bridgehead atoms. The summed E-state index contributed by atoms with van der Waals surface area (Å²) < 4.78 is 5.21. The fourth-order valence-electron chi connectivity index (χ4n) is 1.37. The zero-order valence-corrected chi connectivity index (χ0v) is 11.5. The van der Waals surface area contributed by atoms with E-state index in [1.165, 1.54) is 0 Å². The second kappa shape index (κ2) is 6.61. The third-order valence-corrected chi connectivity index (χ3v) is 3.47. The lowest BCUT2D eigenvalue weighted by molar-refractivity contribution is 0.425. The van der Waals surface area contributed by atoms with Gasteiger partial charge in [0.05, 0.1) is 16.3 Å². The van der Waals surface area contributed by atoms with Crippen LogP contribution in [0, 0.1) is 0 Å². The third kappa shape index (κ3) is 3.37. The highest BCUT2D eigenvalue weighted by atomic mass is 35.5. The highest BCUT2D eigenvalue weighted by Gasteiger charge is 2.11. The monoisotopic (exact) mass is 280 g/mol. The van der Waals surface area contributed by atoms with Gasteiger partial charge in [0.15, 0.2) is 5.82 Å². The summed E-state index contributed by atoms with van der Waals surface area (Å²) in [5, 5.41) is 4.56. The van der Waals surface area contributed by atoms with Gasteiger partial charge >= 0.3 is 0 Å². The zero-order chi connectivity index (χ0) is 12.8. The van der Waals surface area contributed by atoms with Crippen molar-refractivity contribution in [1.82, 2.24) is 10.1 Å². The molecule has 18 heavy (non-hydrogen) atoms. The van der Waals surface area contributed by atoms with E-state index in [9.17, 15) is 0 Å². The van der Waals surface area contributed by atoms with Gasteiger partial charge in [-0.2, -0.15) is 4.98 Å². The molecule has 5 heteroatoms. The lowest BCUT2D eigenvalue weighted by Crippen LogP contribution is -1.85. The molecule has 0 aliphatic heterocycles. The molecule has 0 aliphatic rings. The SMILES string of the molecule is C/C=C/CSCc1noc(-c2ccccc2Cl)n1. The van der Waals surface area contributed by atoms with Crippen LogP contribution in [0.3, 0.4) is 0 Å². The second-order valence-electron chi connectivity index (χ2n) is 3.58. The van der Waals surface area contributed by atoms with Gasteiger partial charge in [-0.05, 0) is 19.1 Å². The smallest absolute Gasteiger partial charge is 0.259 e. The Labute approximate surface area is 115 Å². The molecular formula is C13H13ClN2OS. The summed E-state index contributed by atoms with van der Waals surface area (Å²) in [5.41, 5.74) is 0.774. The Balaban J connectivity index is 2.04. The first-order chi connectivity index (χ1) is 8.81. The minimum absolute atomic E-state index is 0.474. The van der Waals surface area contributed by atoms with E-state index in [-0.39, 0.29) is 0 Å². The van der Waals surface area contributed by atoms with Crippen LogP contribution in [0.5, 0.6) is 0 Å². The van der Waals surface area contributed by atoms with E-state index in [1.807, 2.05) is 37.3 Å². The fourth-order valence-corrected chi connectivity index (χ4v) is 2.33. The van der Waals surface area contributed by atoms with E-state index in [2.05, 4.69) is 16.2 Å². The van der Waals surface area contributed by atoms with Crippen LogP contribution in [-0.4, -0.2) is 15.9 Å². The standard InChI is InChI=1S/C13H13ClN2OS/c1-2-3-8-18-9-12-15-13(17-16-12)10-6-4-5-7-11(10)14/h2-7H,8-9H2,1H3/b3-2+. The molecule has 0 atom stereocenters. The van der Waals surface area contributed by atoms with Crippen molar-refractivity contribution in [2.24, 2.45) is 0 Å². The predicted octanol–water partition coefficient (Wildman–Crippen LogP) is 4.20. The van der Waals surface area contributed by atoms with Gasteiger partial charge in [-0.1, -0.05) is 41.0 Å². The maximum absolute atomic E-state index is 6.07. The molecule has 1 heterocycles. The molecule has 3 nitrogen and oxygen atoms in total. The summed E-state index contributed by atoms with van der Waals surface area (Å²) in [5.74, 6) is 2.85. The van der Waals surface area contributed by atoms with Gasteiger partial charge in [0.25, 0.3) is 5.89 Å². The lowest BCUT2D eigenvalue weighted by Gasteiger charge is -1.95. The Bertz CT molecular complexity index is 539. The maximum Gasteiger partial charge on any atom is 0.259 e. The summed E-state index contributed by atoms with van der Waals surface area (Å²) in [6.07, 6.45) is 4.12. The van der Waals surface area contributed by atoms with Crippen molar-refractivity contribution < 1.29 is 4.52 Å². The normalized spacial score (nSPS) is 11.2. The number of hydrogen-bond acceptors (Lipinski definition) is 4. The summed E-state index contributed by atoms with van der Waals surface area (Å²) in [4.78, 5) is 4.33. The van der Waals surface area contributed by atoms with Crippen molar-refractivity contribution in [3.63, 3.8) is 0 Å². The minimum Gasteiger partial charge on any atom is -0.334 e. The summed E-state index contributed by atoms with van der Waals surface area (Å²) in [7, 11) is 0. The van der Waals surface area contributed by atoms with E-state index in [1.54, 1.807) is 11.8 Å². The van der Waals surface area contributed by atoms with Gasteiger partial charge in [0.1, 0.15) is 0 Å². The average molecular weight is 281 g/mol. The van der Waals surface area contributed by atoms with E-state index in [0.717, 1.165) is 17.1 Å². The van der Waals surface area contributed by atoms with Gasteiger partial charge in [0.2, 0.25) is 0 Å². The van der Waals surface area contributed by atoms with Crippen LogP contribution in [0.4, 0.5) is 0 Å². The van der Waals surface area contributed by atoms with Gasteiger partial charge in [0, 0.05) is 5.75 Å². The molecule has 1 aromatic heterocycles. The van der Waals surface area contributed by atoms with Crippen molar-refractivity contribution in [2.75, 3.05) is 5.75 Å². The van der Waals surface area contributed by atoms with E-state index < -0.39 is 0 Å². The van der Waals surface area contributed by atoms with Crippen LogP contribution >= 0.6 is 23.4 Å².